The van der Waals surface area contributed by atoms with Gasteiger partial charge in [-0.25, -0.2) is 0 Å². The molecule has 2 rings (SSSR count). The molecule has 1 unspecified atom stereocenters. The van der Waals surface area contributed by atoms with E-state index in [1.54, 1.807) is 0 Å². The summed E-state index contributed by atoms with van der Waals surface area (Å²) in [6.45, 7) is 2.80. The predicted molar refractivity (Wildman–Crippen MR) is 57.9 cm³/mol. The Morgan fingerprint density at radius 1 is 1.38 bits per heavy atom. The molecule has 92 valence electrons. The molecule has 4 heteroatoms. The average Bonchev–Trinajstić information content (AvgIpc) is 2.33. The SMILES string of the molecule is CC[C@@H]1OC(=O)CC[C@@H]1OC1CCCCO1. The molecule has 0 aromatic carbocycles. The first-order chi connectivity index (χ1) is 7.79. The van der Waals surface area contributed by atoms with Gasteiger partial charge in [0, 0.05) is 13.0 Å². The zero-order chi connectivity index (χ0) is 11.4. The van der Waals surface area contributed by atoms with Crippen molar-refractivity contribution in [1.29, 1.82) is 0 Å². The maximum atomic E-state index is 11.2. The van der Waals surface area contributed by atoms with E-state index < -0.39 is 0 Å². The van der Waals surface area contributed by atoms with Crippen molar-refractivity contribution in [3.05, 3.63) is 0 Å². The van der Waals surface area contributed by atoms with Crippen molar-refractivity contribution in [3.8, 4) is 0 Å². The maximum Gasteiger partial charge on any atom is 0.306 e. The second-order valence-electron chi connectivity index (χ2n) is 4.45. The first-order valence-corrected chi connectivity index (χ1v) is 6.26. The lowest BCUT2D eigenvalue weighted by atomic mass is 10.0. The molecule has 0 bridgehead atoms. The number of hydrogen-bond donors (Lipinski definition) is 0. The fourth-order valence-corrected chi connectivity index (χ4v) is 2.27. The van der Waals surface area contributed by atoms with Gasteiger partial charge in [-0.3, -0.25) is 4.79 Å². The Bertz CT molecular complexity index is 235. The molecule has 2 aliphatic heterocycles. The number of carbonyl (C=O) groups excluding carboxylic acids is 1. The standard InChI is InChI=1S/C12H20O4/c1-2-9-10(6-7-11(13)15-9)16-12-5-3-4-8-14-12/h9-10,12H,2-8H2,1H3/t9-,10-,12?/m0/s1. The molecular formula is C12H20O4. The molecule has 0 saturated carbocycles. The summed E-state index contributed by atoms with van der Waals surface area (Å²) >= 11 is 0. The normalized spacial score (nSPS) is 35.8. The summed E-state index contributed by atoms with van der Waals surface area (Å²) in [5, 5.41) is 0. The lowest BCUT2D eigenvalue weighted by Crippen LogP contribution is -2.41. The Morgan fingerprint density at radius 3 is 2.94 bits per heavy atom. The second kappa shape index (κ2) is 5.64. The van der Waals surface area contributed by atoms with Gasteiger partial charge in [-0.15, -0.1) is 0 Å². The van der Waals surface area contributed by atoms with Gasteiger partial charge in [-0.05, 0) is 32.1 Å². The van der Waals surface area contributed by atoms with Crippen LogP contribution in [0.1, 0.15) is 45.4 Å². The Kier molecular flexibility index (Phi) is 4.18. The molecule has 0 amide bonds. The Balaban J connectivity index is 1.84. The third-order valence-electron chi connectivity index (χ3n) is 3.20. The minimum atomic E-state index is -0.101. The third kappa shape index (κ3) is 2.95. The van der Waals surface area contributed by atoms with Gasteiger partial charge in [0.05, 0.1) is 6.10 Å². The van der Waals surface area contributed by atoms with E-state index >= 15 is 0 Å². The van der Waals surface area contributed by atoms with Crippen LogP contribution >= 0.6 is 0 Å². The van der Waals surface area contributed by atoms with Crippen molar-refractivity contribution in [1.82, 2.24) is 0 Å². The van der Waals surface area contributed by atoms with Crippen LogP contribution in [0.15, 0.2) is 0 Å². The zero-order valence-corrected chi connectivity index (χ0v) is 9.81. The van der Waals surface area contributed by atoms with Gasteiger partial charge in [0.1, 0.15) is 6.10 Å². The quantitative estimate of drug-likeness (QED) is 0.693. The molecule has 2 heterocycles. The minimum Gasteiger partial charge on any atom is -0.460 e. The Labute approximate surface area is 96.2 Å². The Morgan fingerprint density at radius 2 is 2.25 bits per heavy atom. The van der Waals surface area contributed by atoms with Crippen molar-refractivity contribution in [2.75, 3.05) is 6.61 Å². The maximum absolute atomic E-state index is 11.2. The van der Waals surface area contributed by atoms with Crippen molar-refractivity contribution in [2.24, 2.45) is 0 Å². The lowest BCUT2D eigenvalue weighted by molar-refractivity contribution is -0.223. The monoisotopic (exact) mass is 228 g/mol. The number of esters is 1. The highest BCUT2D eigenvalue weighted by Crippen LogP contribution is 2.24. The van der Waals surface area contributed by atoms with Gasteiger partial charge in [0.15, 0.2) is 6.29 Å². The van der Waals surface area contributed by atoms with E-state index in [1.807, 2.05) is 6.92 Å². The van der Waals surface area contributed by atoms with Crippen LogP contribution in [0.25, 0.3) is 0 Å². The fraction of sp³-hybridized carbons (Fsp3) is 0.917. The molecular weight excluding hydrogens is 208 g/mol. The number of rotatable bonds is 3. The van der Waals surface area contributed by atoms with Gasteiger partial charge in [0.25, 0.3) is 0 Å². The smallest absolute Gasteiger partial charge is 0.306 e. The van der Waals surface area contributed by atoms with Gasteiger partial charge in [-0.1, -0.05) is 6.92 Å². The van der Waals surface area contributed by atoms with Gasteiger partial charge in [0.2, 0.25) is 0 Å². The molecule has 0 aliphatic carbocycles. The van der Waals surface area contributed by atoms with E-state index in [4.69, 9.17) is 14.2 Å². The van der Waals surface area contributed by atoms with E-state index in [-0.39, 0.29) is 24.5 Å². The highest BCUT2D eigenvalue weighted by molar-refractivity contribution is 5.70. The van der Waals surface area contributed by atoms with E-state index in [9.17, 15) is 4.79 Å². The molecule has 0 aromatic rings. The zero-order valence-electron chi connectivity index (χ0n) is 9.81. The number of ether oxygens (including phenoxy) is 3. The van der Waals surface area contributed by atoms with Crippen molar-refractivity contribution >= 4 is 5.97 Å². The summed E-state index contributed by atoms with van der Waals surface area (Å²) in [4.78, 5) is 11.2. The molecule has 2 saturated heterocycles. The fourth-order valence-electron chi connectivity index (χ4n) is 2.27. The molecule has 2 aliphatic rings. The summed E-state index contributed by atoms with van der Waals surface area (Å²) in [7, 11) is 0. The highest BCUT2D eigenvalue weighted by atomic mass is 16.7. The van der Waals surface area contributed by atoms with E-state index in [2.05, 4.69) is 0 Å². The summed E-state index contributed by atoms with van der Waals surface area (Å²) in [6, 6.07) is 0. The van der Waals surface area contributed by atoms with Crippen LogP contribution in [0.5, 0.6) is 0 Å². The van der Waals surface area contributed by atoms with E-state index in [1.165, 1.54) is 0 Å². The third-order valence-corrected chi connectivity index (χ3v) is 3.20. The lowest BCUT2D eigenvalue weighted by Gasteiger charge is -2.34. The van der Waals surface area contributed by atoms with Crippen molar-refractivity contribution in [2.45, 2.75) is 63.9 Å². The first kappa shape index (κ1) is 11.9. The molecule has 0 N–H and O–H groups in total. The molecule has 0 radical (unpaired) electrons. The van der Waals surface area contributed by atoms with Gasteiger partial charge >= 0.3 is 5.97 Å². The van der Waals surface area contributed by atoms with Gasteiger partial charge in [-0.2, -0.15) is 0 Å². The van der Waals surface area contributed by atoms with E-state index in [0.717, 1.165) is 38.7 Å². The highest BCUT2D eigenvalue weighted by Gasteiger charge is 2.32. The van der Waals surface area contributed by atoms with Crippen LogP contribution in [-0.2, 0) is 19.0 Å². The van der Waals surface area contributed by atoms with Crippen LogP contribution < -0.4 is 0 Å². The molecule has 2 fully saturated rings. The first-order valence-electron chi connectivity index (χ1n) is 6.26. The van der Waals surface area contributed by atoms with Crippen LogP contribution in [0, 0.1) is 0 Å². The van der Waals surface area contributed by atoms with Crippen LogP contribution in [0.4, 0.5) is 0 Å². The number of carbonyl (C=O) groups is 1. The summed E-state index contributed by atoms with van der Waals surface area (Å²) in [5.74, 6) is -0.101. The number of cyclic esters (lactones) is 1. The predicted octanol–water partition coefficient (Wildman–Crippen LogP) is 2.01. The molecule has 4 nitrogen and oxygen atoms in total. The average molecular weight is 228 g/mol. The topological polar surface area (TPSA) is 44.8 Å². The van der Waals surface area contributed by atoms with Crippen LogP contribution in [-0.4, -0.2) is 31.1 Å². The summed E-state index contributed by atoms with van der Waals surface area (Å²) in [6.07, 6.45) is 5.11. The van der Waals surface area contributed by atoms with Crippen LogP contribution in [0.2, 0.25) is 0 Å². The van der Waals surface area contributed by atoms with E-state index in [0.29, 0.717) is 6.42 Å². The Hall–Kier alpha value is -0.610. The molecule has 16 heavy (non-hydrogen) atoms. The number of hydrogen-bond acceptors (Lipinski definition) is 4. The molecule has 0 aromatic heterocycles. The van der Waals surface area contributed by atoms with Gasteiger partial charge < -0.3 is 14.2 Å². The largest absolute Gasteiger partial charge is 0.460 e. The van der Waals surface area contributed by atoms with Crippen molar-refractivity contribution in [3.63, 3.8) is 0 Å². The summed E-state index contributed by atoms with van der Waals surface area (Å²) in [5.41, 5.74) is 0. The summed E-state index contributed by atoms with van der Waals surface area (Å²) < 4.78 is 16.7. The minimum absolute atomic E-state index is 0.0193. The molecule has 0 spiro atoms. The van der Waals surface area contributed by atoms with Crippen molar-refractivity contribution < 1.29 is 19.0 Å². The van der Waals surface area contributed by atoms with Crippen LogP contribution in [0.3, 0.4) is 0 Å². The molecule has 3 atom stereocenters. The second-order valence-corrected chi connectivity index (χ2v) is 4.45.